The average Bonchev–Trinajstić information content (AvgIpc) is 2.54. The Labute approximate surface area is 93.4 Å². The summed E-state index contributed by atoms with van der Waals surface area (Å²) < 4.78 is 5.63. The minimum atomic E-state index is -1.12. The van der Waals surface area contributed by atoms with E-state index in [0.717, 1.165) is 23.3 Å². The first-order valence-corrected chi connectivity index (χ1v) is 5.11. The molecule has 5 nitrogen and oxygen atoms in total. The lowest BCUT2D eigenvalue weighted by Gasteiger charge is -2.12. The van der Waals surface area contributed by atoms with E-state index in [1.807, 2.05) is 19.9 Å². The van der Waals surface area contributed by atoms with Crippen molar-refractivity contribution in [2.24, 2.45) is 0 Å². The zero-order valence-corrected chi connectivity index (χ0v) is 9.20. The van der Waals surface area contributed by atoms with Gasteiger partial charge in [0.2, 0.25) is 0 Å². The number of carboxylic acid groups (broad SMARTS) is 1. The number of rotatable bonds is 2. The van der Waals surface area contributed by atoms with Gasteiger partial charge in [0.05, 0.1) is 5.69 Å². The lowest BCUT2D eigenvalue weighted by atomic mass is 10.1. The Morgan fingerprint density at radius 1 is 1.56 bits per heavy atom. The van der Waals surface area contributed by atoms with Gasteiger partial charge in [-0.3, -0.25) is 5.43 Å². The van der Waals surface area contributed by atoms with Crippen LogP contribution in [0.4, 0.5) is 10.5 Å². The van der Waals surface area contributed by atoms with E-state index < -0.39 is 6.09 Å². The number of hydrazine groups is 1. The van der Waals surface area contributed by atoms with Crippen molar-refractivity contribution in [1.29, 1.82) is 0 Å². The molecule has 0 saturated heterocycles. The molecule has 0 radical (unpaired) electrons. The van der Waals surface area contributed by atoms with Crippen LogP contribution in [-0.4, -0.2) is 17.3 Å². The van der Waals surface area contributed by atoms with Gasteiger partial charge in [-0.2, -0.15) is 0 Å². The maximum absolute atomic E-state index is 10.4. The fourth-order valence-corrected chi connectivity index (χ4v) is 1.91. The zero-order valence-electron chi connectivity index (χ0n) is 9.20. The van der Waals surface area contributed by atoms with Crippen molar-refractivity contribution in [3.63, 3.8) is 0 Å². The normalized spacial score (nSPS) is 17.5. The fourth-order valence-electron chi connectivity index (χ4n) is 1.91. The molecule has 0 saturated carbocycles. The fraction of sp³-hybridized carbons (Fsp3) is 0.364. The highest BCUT2D eigenvalue weighted by Gasteiger charge is 2.22. The van der Waals surface area contributed by atoms with Gasteiger partial charge in [0.1, 0.15) is 11.9 Å². The highest BCUT2D eigenvalue weighted by molar-refractivity contribution is 5.70. The van der Waals surface area contributed by atoms with E-state index in [2.05, 4.69) is 16.9 Å². The number of nitrogens with one attached hydrogen (secondary N) is 2. The van der Waals surface area contributed by atoms with Crippen LogP contribution in [0.3, 0.4) is 0 Å². The van der Waals surface area contributed by atoms with E-state index in [1.165, 1.54) is 0 Å². The predicted octanol–water partition coefficient (Wildman–Crippen LogP) is 1.91. The second-order valence-corrected chi connectivity index (χ2v) is 3.99. The summed E-state index contributed by atoms with van der Waals surface area (Å²) in [4.78, 5) is 10.4. The summed E-state index contributed by atoms with van der Waals surface area (Å²) in [5.74, 6) is 0.742. The first kappa shape index (κ1) is 10.6. The number of benzene rings is 1. The Morgan fingerprint density at radius 2 is 2.31 bits per heavy atom. The Bertz CT molecular complexity index is 431. The smallest absolute Gasteiger partial charge is 0.423 e. The Hall–Kier alpha value is -1.91. The SMILES string of the molecule is Cc1cc2c(c(NNC(=O)O)c1)OC(C)C2. The van der Waals surface area contributed by atoms with Crippen LogP contribution in [-0.2, 0) is 6.42 Å². The molecule has 1 aliphatic rings. The van der Waals surface area contributed by atoms with Crippen LogP contribution in [0.1, 0.15) is 18.1 Å². The molecule has 1 aromatic rings. The lowest BCUT2D eigenvalue weighted by Crippen LogP contribution is -2.27. The maximum Gasteiger partial charge on any atom is 0.423 e. The monoisotopic (exact) mass is 222 g/mol. The van der Waals surface area contributed by atoms with Crippen LogP contribution < -0.4 is 15.6 Å². The number of hydrogen-bond donors (Lipinski definition) is 3. The van der Waals surface area contributed by atoms with Gasteiger partial charge in [-0.15, -0.1) is 0 Å². The van der Waals surface area contributed by atoms with Crippen LogP contribution in [0, 0.1) is 6.92 Å². The molecule has 0 bridgehead atoms. The van der Waals surface area contributed by atoms with Crippen LogP contribution in [0.25, 0.3) is 0 Å². The highest BCUT2D eigenvalue weighted by atomic mass is 16.5. The molecule has 1 unspecified atom stereocenters. The molecular formula is C11H14N2O3. The molecule has 16 heavy (non-hydrogen) atoms. The minimum Gasteiger partial charge on any atom is -0.488 e. The largest absolute Gasteiger partial charge is 0.488 e. The van der Waals surface area contributed by atoms with Crippen LogP contribution in [0.15, 0.2) is 12.1 Å². The van der Waals surface area contributed by atoms with Crippen LogP contribution >= 0.6 is 0 Å². The molecule has 1 aromatic carbocycles. The standard InChI is InChI=1S/C11H14N2O3/c1-6-3-8-5-7(2)16-10(8)9(4-6)12-13-11(14)15/h3-4,7,12-13H,5H2,1-2H3,(H,14,15). The van der Waals surface area contributed by atoms with E-state index >= 15 is 0 Å². The molecule has 5 heteroatoms. The second-order valence-electron chi connectivity index (χ2n) is 3.99. The van der Waals surface area contributed by atoms with Gasteiger partial charge in [0.15, 0.2) is 0 Å². The molecule has 1 amide bonds. The third-order valence-corrected chi connectivity index (χ3v) is 2.44. The third kappa shape index (κ3) is 2.03. The Morgan fingerprint density at radius 3 is 3.00 bits per heavy atom. The van der Waals surface area contributed by atoms with E-state index in [0.29, 0.717) is 5.69 Å². The summed E-state index contributed by atoms with van der Waals surface area (Å²) in [5, 5.41) is 8.53. The van der Waals surface area contributed by atoms with Gasteiger partial charge in [-0.25, -0.2) is 10.2 Å². The van der Waals surface area contributed by atoms with Crippen molar-refractivity contribution in [2.45, 2.75) is 26.4 Å². The van der Waals surface area contributed by atoms with Gasteiger partial charge >= 0.3 is 6.09 Å². The molecule has 0 spiro atoms. The molecular weight excluding hydrogens is 208 g/mol. The number of ether oxygens (including phenoxy) is 1. The molecule has 86 valence electrons. The van der Waals surface area contributed by atoms with Gasteiger partial charge in [-0.05, 0) is 25.5 Å². The van der Waals surface area contributed by atoms with E-state index in [-0.39, 0.29) is 6.10 Å². The summed E-state index contributed by atoms with van der Waals surface area (Å²) in [6.45, 7) is 3.96. The van der Waals surface area contributed by atoms with Crippen molar-refractivity contribution < 1.29 is 14.6 Å². The first-order chi connectivity index (χ1) is 7.56. The van der Waals surface area contributed by atoms with E-state index in [4.69, 9.17) is 9.84 Å². The van der Waals surface area contributed by atoms with Crippen molar-refractivity contribution in [1.82, 2.24) is 5.43 Å². The predicted molar refractivity (Wildman–Crippen MR) is 59.8 cm³/mol. The van der Waals surface area contributed by atoms with Crippen LogP contribution in [0.5, 0.6) is 5.75 Å². The minimum absolute atomic E-state index is 0.141. The summed E-state index contributed by atoms with van der Waals surface area (Å²) in [7, 11) is 0. The molecule has 0 aromatic heterocycles. The van der Waals surface area contributed by atoms with Gasteiger partial charge in [-0.1, -0.05) is 6.07 Å². The number of carbonyl (C=O) groups is 1. The number of hydrogen-bond acceptors (Lipinski definition) is 3. The van der Waals surface area contributed by atoms with E-state index in [1.54, 1.807) is 0 Å². The highest BCUT2D eigenvalue weighted by Crippen LogP contribution is 2.36. The quantitative estimate of drug-likeness (QED) is 0.668. The number of amides is 1. The molecule has 3 N–H and O–H groups in total. The third-order valence-electron chi connectivity index (χ3n) is 2.44. The summed E-state index contributed by atoms with van der Waals surface area (Å²) in [6, 6.07) is 3.91. The summed E-state index contributed by atoms with van der Waals surface area (Å²) in [6.07, 6.45) is -0.123. The molecule has 0 aliphatic carbocycles. The molecule has 1 aliphatic heterocycles. The van der Waals surface area contributed by atoms with Gasteiger partial charge in [0, 0.05) is 12.0 Å². The van der Waals surface area contributed by atoms with Crippen molar-refractivity contribution in [2.75, 3.05) is 5.43 Å². The lowest BCUT2D eigenvalue weighted by molar-refractivity contribution is 0.197. The molecule has 1 atom stereocenters. The Kier molecular flexibility index (Phi) is 2.60. The molecule has 0 fully saturated rings. The van der Waals surface area contributed by atoms with Gasteiger partial charge in [0.25, 0.3) is 0 Å². The maximum atomic E-state index is 10.4. The topological polar surface area (TPSA) is 70.6 Å². The van der Waals surface area contributed by atoms with Gasteiger partial charge < -0.3 is 9.84 Å². The van der Waals surface area contributed by atoms with Crippen molar-refractivity contribution >= 4 is 11.8 Å². The summed E-state index contributed by atoms with van der Waals surface area (Å²) in [5.41, 5.74) is 7.61. The molecule has 1 heterocycles. The van der Waals surface area contributed by atoms with E-state index in [9.17, 15) is 4.79 Å². The second kappa shape index (κ2) is 3.92. The summed E-state index contributed by atoms with van der Waals surface area (Å²) >= 11 is 0. The first-order valence-electron chi connectivity index (χ1n) is 5.11. The van der Waals surface area contributed by atoms with Crippen molar-refractivity contribution in [3.8, 4) is 5.75 Å². The average molecular weight is 222 g/mol. The zero-order chi connectivity index (χ0) is 11.7. The number of fused-ring (bicyclic) bond motifs is 1. The molecule has 2 rings (SSSR count). The van der Waals surface area contributed by atoms with Crippen LogP contribution in [0.2, 0.25) is 0 Å². The Balaban J connectivity index is 2.27. The number of aryl methyl sites for hydroxylation is 1. The van der Waals surface area contributed by atoms with Crippen molar-refractivity contribution in [3.05, 3.63) is 23.3 Å². The number of anilines is 1.